The molecule has 0 radical (unpaired) electrons. The monoisotopic (exact) mass is 365 g/mol. The lowest BCUT2D eigenvalue weighted by atomic mass is 10.1. The zero-order valence-electron chi connectivity index (χ0n) is 14.4. The Balaban J connectivity index is 1.50. The summed E-state index contributed by atoms with van der Waals surface area (Å²) in [7, 11) is 0. The van der Waals surface area contributed by atoms with E-state index in [0.29, 0.717) is 10.7 Å². The third-order valence-corrected chi connectivity index (χ3v) is 4.60. The maximum Gasteiger partial charge on any atom is 0.251 e. The molecule has 6 heteroatoms. The molecule has 0 spiro atoms. The van der Waals surface area contributed by atoms with E-state index in [4.69, 9.17) is 0 Å². The van der Waals surface area contributed by atoms with Crippen molar-refractivity contribution in [1.82, 2.24) is 10.3 Å². The summed E-state index contributed by atoms with van der Waals surface area (Å²) in [6, 6.07) is 16.9. The largest absolute Gasteiger partial charge is 0.352 e. The summed E-state index contributed by atoms with van der Waals surface area (Å²) in [4.78, 5) is 28.4. The van der Waals surface area contributed by atoms with Crippen LogP contribution in [0.4, 0.5) is 5.13 Å². The summed E-state index contributed by atoms with van der Waals surface area (Å²) >= 11 is 1.39. The van der Waals surface area contributed by atoms with Gasteiger partial charge in [0.05, 0.1) is 5.69 Å². The predicted octanol–water partition coefficient (Wildman–Crippen LogP) is 3.88. The Bertz CT molecular complexity index is 906. The minimum Gasteiger partial charge on any atom is -0.352 e. The molecule has 132 valence electrons. The lowest BCUT2D eigenvalue weighted by Crippen LogP contribution is -2.27. The Morgan fingerprint density at radius 3 is 2.54 bits per heavy atom. The molecule has 0 aliphatic rings. The quantitative estimate of drug-likeness (QED) is 0.696. The molecule has 0 saturated heterocycles. The van der Waals surface area contributed by atoms with E-state index in [9.17, 15) is 9.59 Å². The average Bonchev–Trinajstić information content (AvgIpc) is 3.11. The SMILES string of the molecule is Cc1ccccc1-c1csc(NC(=O)CCNC(=O)c2ccccc2)n1. The molecule has 0 atom stereocenters. The van der Waals surface area contributed by atoms with Crippen molar-refractivity contribution >= 4 is 28.3 Å². The normalized spacial score (nSPS) is 10.3. The summed E-state index contributed by atoms with van der Waals surface area (Å²) in [5.74, 6) is -0.362. The predicted molar refractivity (Wildman–Crippen MR) is 104 cm³/mol. The summed E-state index contributed by atoms with van der Waals surface area (Å²) in [5.41, 5.74) is 3.62. The van der Waals surface area contributed by atoms with E-state index in [2.05, 4.69) is 15.6 Å². The fraction of sp³-hybridized carbons (Fsp3) is 0.150. The van der Waals surface area contributed by atoms with Gasteiger partial charge in [0, 0.05) is 29.5 Å². The first-order chi connectivity index (χ1) is 12.6. The number of hydrogen-bond donors (Lipinski definition) is 2. The number of benzene rings is 2. The zero-order valence-corrected chi connectivity index (χ0v) is 15.2. The lowest BCUT2D eigenvalue weighted by molar-refractivity contribution is -0.116. The molecule has 2 N–H and O–H groups in total. The second kappa shape index (κ2) is 8.40. The van der Waals surface area contributed by atoms with Crippen molar-refractivity contribution in [2.24, 2.45) is 0 Å². The molecule has 26 heavy (non-hydrogen) atoms. The fourth-order valence-corrected chi connectivity index (χ4v) is 3.20. The van der Waals surface area contributed by atoms with Crippen LogP contribution in [0, 0.1) is 6.92 Å². The van der Waals surface area contributed by atoms with Crippen LogP contribution < -0.4 is 10.6 Å². The molecule has 0 aliphatic heterocycles. The molecule has 2 amide bonds. The highest BCUT2D eigenvalue weighted by Gasteiger charge is 2.10. The number of carbonyl (C=O) groups is 2. The van der Waals surface area contributed by atoms with Gasteiger partial charge in [-0.3, -0.25) is 9.59 Å². The van der Waals surface area contributed by atoms with Crippen LogP contribution in [0.1, 0.15) is 22.3 Å². The Kier molecular flexibility index (Phi) is 5.76. The molecular formula is C20H19N3O2S. The van der Waals surface area contributed by atoms with E-state index in [1.807, 2.05) is 42.6 Å². The Hall–Kier alpha value is -2.99. The van der Waals surface area contributed by atoms with Gasteiger partial charge in [-0.2, -0.15) is 0 Å². The number of nitrogens with zero attached hydrogens (tertiary/aromatic N) is 1. The van der Waals surface area contributed by atoms with E-state index in [1.54, 1.807) is 24.3 Å². The number of aryl methyl sites for hydroxylation is 1. The molecule has 0 fully saturated rings. The van der Waals surface area contributed by atoms with Crippen molar-refractivity contribution in [3.8, 4) is 11.3 Å². The van der Waals surface area contributed by atoms with Gasteiger partial charge in [0.2, 0.25) is 5.91 Å². The molecule has 1 heterocycles. The van der Waals surface area contributed by atoms with Gasteiger partial charge in [0.15, 0.2) is 5.13 Å². The highest BCUT2D eigenvalue weighted by atomic mass is 32.1. The molecule has 0 saturated carbocycles. The molecule has 0 unspecified atom stereocenters. The second-order valence-electron chi connectivity index (χ2n) is 5.77. The number of aromatic nitrogens is 1. The Morgan fingerprint density at radius 2 is 1.77 bits per heavy atom. The van der Waals surface area contributed by atoms with Gasteiger partial charge in [-0.1, -0.05) is 42.5 Å². The van der Waals surface area contributed by atoms with Crippen molar-refractivity contribution in [2.75, 3.05) is 11.9 Å². The van der Waals surface area contributed by atoms with Crippen LogP contribution in [0.25, 0.3) is 11.3 Å². The van der Waals surface area contributed by atoms with Gasteiger partial charge in [-0.15, -0.1) is 11.3 Å². The summed E-state index contributed by atoms with van der Waals surface area (Å²) < 4.78 is 0. The molecule has 3 rings (SSSR count). The van der Waals surface area contributed by atoms with E-state index >= 15 is 0 Å². The van der Waals surface area contributed by atoms with Crippen molar-refractivity contribution in [1.29, 1.82) is 0 Å². The van der Waals surface area contributed by atoms with Crippen LogP contribution in [-0.2, 0) is 4.79 Å². The zero-order chi connectivity index (χ0) is 18.4. The number of amides is 2. The Labute approximate surface area is 156 Å². The van der Waals surface area contributed by atoms with Crippen LogP contribution in [0.15, 0.2) is 60.0 Å². The first kappa shape index (κ1) is 17.8. The first-order valence-electron chi connectivity index (χ1n) is 8.28. The van der Waals surface area contributed by atoms with Crippen LogP contribution >= 0.6 is 11.3 Å². The van der Waals surface area contributed by atoms with Gasteiger partial charge < -0.3 is 10.6 Å². The first-order valence-corrected chi connectivity index (χ1v) is 9.16. The van der Waals surface area contributed by atoms with E-state index < -0.39 is 0 Å². The van der Waals surface area contributed by atoms with Gasteiger partial charge in [0.1, 0.15) is 0 Å². The maximum absolute atomic E-state index is 12.0. The summed E-state index contributed by atoms with van der Waals surface area (Å²) in [6.07, 6.45) is 0.192. The molecule has 0 aliphatic carbocycles. The van der Waals surface area contributed by atoms with Crippen LogP contribution in [0.2, 0.25) is 0 Å². The second-order valence-corrected chi connectivity index (χ2v) is 6.63. The third kappa shape index (κ3) is 4.55. The summed E-state index contributed by atoms with van der Waals surface area (Å²) in [6.45, 7) is 2.30. The van der Waals surface area contributed by atoms with E-state index in [1.165, 1.54) is 11.3 Å². The lowest BCUT2D eigenvalue weighted by Gasteiger charge is -2.05. The van der Waals surface area contributed by atoms with Gasteiger partial charge in [-0.25, -0.2) is 4.98 Å². The third-order valence-electron chi connectivity index (χ3n) is 3.85. The van der Waals surface area contributed by atoms with Crippen molar-refractivity contribution < 1.29 is 9.59 Å². The van der Waals surface area contributed by atoms with Crippen LogP contribution in [0.3, 0.4) is 0 Å². The number of thiazole rings is 1. The molecule has 0 bridgehead atoms. The highest BCUT2D eigenvalue weighted by molar-refractivity contribution is 7.14. The smallest absolute Gasteiger partial charge is 0.251 e. The van der Waals surface area contributed by atoms with Crippen molar-refractivity contribution in [3.63, 3.8) is 0 Å². The molecule has 3 aromatic rings. The van der Waals surface area contributed by atoms with E-state index in [0.717, 1.165) is 16.8 Å². The molecule has 5 nitrogen and oxygen atoms in total. The molecule has 1 aromatic heterocycles. The van der Waals surface area contributed by atoms with Gasteiger partial charge in [0.25, 0.3) is 5.91 Å². The fourth-order valence-electron chi connectivity index (χ4n) is 2.48. The Morgan fingerprint density at radius 1 is 1.04 bits per heavy atom. The minimum atomic E-state index is -0.186. The standard InChI is InChI=1S/C20H19N3O2S/c1-14-7-5-6-10-16(14)17-13-26-20(22-17)23-18(24)11-12-21-19(25)15-8-3-2-4-9-15/h2-10,13H,11-12H2,1H3,(H,21,25)(H,22,23,24). The number of rotatable bonds is 6. The average molecular weight is 365 g/mol. The molecular weight excluding hydrogens is 346 g/mol. The van der Waals surface area contributed by atoms with Crippen LogP contribution in [-0.4, -0.2) is 23.3 Å². The maximum atomic E-state index is 12.0. The van der Waals surface area contributed by atoms with Crippen molar-refractivity contribution in [3.05, 3.63) is 71.1 Å². The van der Waals surface area contributed by atoms with Gasteiger partial charge >= 0.3 is 0 Å². The van der Waals surface area contributed by atoms with Gasteiger partial charge in [-0.05, 0) is 24.6 Å². The highest BCUT2D eigenvalue weighted by Crippen LogP contribution is 2.27. The number of carbonyl (C=O) groups excluding carboxylic acids is 2. The van der Waals surface area contributed by atoms with E-state index in [-0.39, 0.29) is 24.8 Å². The topological polar surface area (TPSA) is 71.1 Å². The number of hydrogen-bond acceptors (Lipinski definition) is 4. The number of anilines is 1. The number of nitrogens with one attached hydrogen (secondary N) is 2. The van der Waals surface area contributed by atoms with Crippen LogP contribution in [0.5, 0.6) is 0 Å². The molecule has 2 aromatic carbocycles. The summed E-state index contributed by atoms with van der Waals surface area (Å²) in [5, 5.41) is 8.00. The minimum absolute atomic E-state index is 0.177. The van der Waals surface area contributed by atoms with Crippen molar-refractivity contribution in [2.45, 2.75) is 13.3 Å².